The lowest BCUT2D eigenvalue weighted by Gasteiger charge is -2.35. The second-order valence-corrected chi connectivity index (χ2v) is 8.08. The van der Waals surface area contributed by atoms with Gasteiger partial charge in [-0.2, -0.15) is 4.72 Å². The van der Waals surface area contributed by atoms with Crippen LogP contribution in [0.3, 0.4) is 0 Å². The van der Waals surface area contributed by atoms with Gasteiger partial charge in [-0.25, -0.2) is 8.42 Å². The molecule has 24 heavy (non-hydrogen) atoms. The number of carbonyl (C=O) groups excluding carboxylic acids is 1. The minimum Gasteiger partial charge on any atom is -0.353 e. The van der Waals surface area contributed by atoms with Crippen LogP contribution in [-0.2, 0) is 19.6 Å². The first-order chi connectivity index (χ1) is 11.1. The molecule has 0 atom stereocenters. The predicted octanol–water partition coefficient (Wildman–Crippen LogP) is 3.58. The van der Waals surface area contributed by atoms with Gasteiger partial charge < -0.3 is 4.74 Å². The Morgan fingerprint density at radius 3 is 1.88 bits per heavy atom. The maximum atomic E-state index is 12.6. The normalized spacial score (nSPS) is 18.3. The Bertz CT molecular complexity index is 831. The van der Waals surface area contributed by atoms with Gasteiger partial charge in [0.25, 0.3) is 0 Å². The van der Waals surface area contributed by atoms with E-state index in [0.29, 0.717) is 0 Å². The van der Waals surface area contributed by atoms with E-state index < -0.39 is 41.7 Å². The molecule has 0 aliphatic heterocycles. The summed E-state index contributed by atoms with van der Waals surface area (Å²) in [7, 11) is -2.97. The van der Waals surface area contributed by atoms with Crippen LogP contribution in [0.1, 0.15) is 5.56 Å². The van der Waals surface area contributed by atoms with Crippen LogP contribution in [0.5, 0.6) is 0 Å². The molecule has 0 amide bonds. The van der Waals surface area contributed by atoms with Gasteiger partial charge in [-0.1, -0.05) is 64.1 Å². The lowest BCUT2D eigenvalue weighted by molar-refractivity contribution is -0.111. The molecule has 0 heterocycles. The molecule has 1 aliphatic rings. The average molecular weight is 431 g/mol. The summed E-state index contributed by atoms with van der Waals surface area (Å²) in [5.41, 5.74) is -1.21. The number of allylic oxidation sites excluding steroid dienone is 2. The fourth-order valence-corrected chi connectivity index (χ4v) is 4.53. The van der Waals surface area contributed by atoms with E-state index in [-0.39, 0.29) is 4.90 Å². The molecule has 10 heteroatoms. The van der Waals surface area contributed by atoms with Gasteiger partial charge >= 0.3 is 0 Å². The molecule has 0 bridgehead atoms. The van der Waals surface area contributed by atoms with Gasteiger partial charge in [0.2, 0.25) is 21.5 Å². The van der Waals surface area contributed by atoms with E-state index in [1.165, 1.54) is 12.1 Å². The Kier molecular flexibility index (Phi) is 5.72. The highest BCUT2D eigenvalue weighted by Gasteiger charge is 2.49. The number of carbonyl (C=O) groups is 1. The van der Waals surface area contributed by atoms with Gasteiger partial charge in [-0.05, 0) is 19.1 Å². The molecule has 1 aromatic carbocycles. The lowest BCUT2D eigenvalue weighted by atomic mass is 10.1. The van der Waals surface area contributed by atoms with Crippen LogP contribution >= 0.6 is 46.4 Å². The minimum absolute atomic E-state index is 0.0531. The number of methoxy groups -OCH3 is 1. The molecule has 0 radical (unpaired) electrons. The quantitative estimate of drug-likeness (QED) is 0.741. The van der Waals surface area contributed by atoms with Crippen molar-refractivity contribution in [2.24, 2.45) is 0 Å². The number of nitrogens with one attached hydrogen (secondary N) is 1. The van der Waals surface area contributed by atoms with Crippen LogP contribution in [0.15, 0.2) is 49.3 Å². The molecular weight excluding hydrogens is 420 g/mol. The number of hydrogen-bond donors (Lipinski definition) is 1. The van der Waals surface area contributed by atoms with E-state index in [1.807, 2.05) is 6.92 Å². The van der Waals surface area contributed by atoms with Crippen molar-refractivity contribution in [2.75, 3.05) is 7.11 Å². The summed E-state index contributed by atoms with van der Waals surface area (Å²) in [6.07, 6.45) is 0. The molecule has 0 spiro atoms. The number of benzene rings is 1. The summed E-state index contributed by atoms with van der Waals surface area (Å²) >= 11 is 23.8. The molecule has 1 aromatic rings. The van der Waals surface area contributed by atoms with Gasteiger partial charge in [0.1, 0.15) is 10.1 Å². The fourth-order valence-electron chi connectivity index (χ4n) is 1.98. The van der Waals surface area contributed by atoms with Gasteiger partial charge in [-0.15, -0.1) is 0 Å². The molecule has 130 valence electrons. The molecule has 1 N–H and O–H groups in total. The Labute approximate surface area is 159 Å². The number of aryl methyl sites for hydroxylation is 1. The number of halogens is 4. The molecule has 2 rings (SSSR count). The van der Waals surface area contributed by atoms with Crippen molar-refractivity contribution in [3.05, 3.63) is 50.0 Å². The highest BCUT2D eigenvalue weighted by Crippen LogP contribution is 2.44. The van der Waals surface area contributed by atoms with E-state index in [2.05, 4.69) is 4.72 Å². The largest absolute Gasteiger partial charge is 0.353 e. The highest BCUT2D eigenvalue weighted by molar-refractivity contribution is 7.89. The van der Waals surface area contributed by atoms with Crippen LogP contribution in [0.2, 0.25) is 0 Å². The fraction of sp³-hybridized carbons (Fsp3) is 0.214. The highest BCUT2D eigenvalue weighted by atomic mass is 35.5. The lowest BCUT2D eigenvalue weighted by Crippen LogP contribution is -2.53. The summed E-state index contributed by atoms with van der Waals surface area (Å²) in [6, 6.07) is 6.03. The summed E-state index contributed by atoms with van der Waals surface area (Å²) in [5.74, 6) is -0.824. The number of ketones is 1. The second-order valence-electron chi connectivity index (χ2n) is 4.89. The van der Waals surface area contributed by atoms with E-state index >= 15 is 0 Å². The third-order valence-electron chi connectivity index (χ3n) is 3.32. The van der Waals surface area contributed by atoms with Crippen molar-refractivity contribution in [3.8, 4) is 0 Å². The molecule has 0 saturated heterocycles. The molecule has 0 fully saturated rings. The maximum Gasteiger partial charge on any atom is 0.243 e. The van der Waals surface area contributed by atoms with Crippen LogP contribution in [-0.4, -0.2) is 27.0 Å². The Balaban J connectivity index is 2.59. The van der Waals surface area contributed by atoms with E-state index in [1.54, 1.807) is 12.1 Å². The Morgan fingerprint density at radius 2 is 1.46 bits per heavy atom. The maximum absolute atomic E-state index is 12.6. The minimum atomic E-state index is -4.12. The third kappa shape index (κ3) is 3.24. The number of ether oxygens (including phenoxy) is 1. The first-order valence-corrected chi connectivity index (χ1v) is 9.38. The molecule has 0 saturated carbocycles. The topological polar surface area (TPSA) is 72.5 Å². The van der Waals surface area contributed by atoms with Crippen molar-refractivity contribution >= 4 is 62.2 Å². The first-order valence-electron chi connectivity index (χ1n) is 6.39. The van der Waals surface area contributed by atoms with E-state index in [4.69, 9.17) is 51.1 Å². The van der Waals surface area contributed by atoms with E-state index in [9.17, 15) is 13.2 Å². The van der Waals surface area contributed by atoms with E-state index in [0.717, 1.165) is 12.7 Å². The van der Waals surface area contributed by atoms with Crippen molar-refractivity contribution in [1.82, 2.24) is 4.72 Å². The molecule has 0 aromatic heterocycles. The Hall–Kier alpha value is -0.600. The van der Waals surface area contributed by atoms with Gasteiger partial charge in [-0.3, -0.25) is 4.79 Å². The van der Waals surface area contributed by atoms with Crippen LogP contribution < -0.4 is 4.72 Å². The monoisotopic (exact) mass is 429 g/mol. The zero-order valence-electron chi connectivity index (χ0n) is 12.4. The van der Waals surface area contributed by atoms with Gasteiger partial charge in [0.15, 0.2) is 0 Å². The molecule has 0 unspecified atom stereocenters. The van der Waals surface area contributed by atoms with Crippen molar-refractivity contribution in [3.63, 3.8) is 0 Å². The van der Waals surface area contributed by atoms with Gasteiger partial charge in [0.05, 0.1) is 15.0 Å². The SMILES string of the molecule is COC1(NS(=O)(=O)c2ccc(C)cc2)C(Cl)=C(Cl)C(=O)C(Cl)=C1Cl. The summed E-state index contributed by atoms with van der Waals surface area (Å²) < 4.78 is 32.7. The molecule has 5 nitrogen and oxygen atoms in total. The zero-order chi connectivity index (χ0) is 18.3. The van der Waals surface area contributed by atoms with Crippen molar-refractivity contribution in [1.29, 1.82) is 0 Å². The van der Waals surface area contributed by atoms with Crippen molar-refractivity contribution < 1.29 is 17.9 Å². The second kappa shape index (κ2) is 6.96. The van der Waals surface area contributed by atoms with Gasteiger partial charge in [0, 0.05) is 7.11 Å². The summed E-state index contributed by atoms with van der Waals surface area (Å²) in [5, 5.41) is -1.83. The third-order valence-corrected chi connectivity index (χ3v) is 6.59. The number of rotatable bonds is 4. The number of hydrogen-bond acceptors (Lipinski definition) is 4. The molecular formula is C14H11Cl4NO4S. The zero-order valence-corrected chi connectivity index (χ0v) is 16.2. The summed E-state index contributed by atoms with van der Waals surface area (Å²) in [6.45, 7) is 1.81. The number of Topliss-reactive ketones (excluding diaryl/α,β-unsaturated/α-hetero) is 1. The number of sulfonamides is 1. The van der Waals surface area contributed by atoms with Crippen LogP contribution in [0, 0.1) is 6.92 Å². The predicted molar refractivity (Wildman–Crippen MR) is 93.7 cm³/mol. The smallest absolute Gasteiger partial charge is 0.243 e. The average Bonchev–Trinajstić information content (AvgIpc) is 2.55. The van der Waals surface area contributed by atoms with Crippen molar-refractivity contribution in [2.45, 2.75) is 17.5 Å². The summed E-state index contributed by atoms with van der Waals surface area (Å²) in [4.78, 5) is 11.8. The first kappa shape index (κ1) is 19.7. The van der Waals surface area contributed by atoms with Crippen LogP contribution in [0.25, 0.3) is 0 Å². The Morgan fingerprint density at radius 1 is 1.00 bits per heavy atom. The standard InChI is InChI=1S/C14H11Cl4NO4S/c1-7-3-5-8(6-4-7)24(21,22)19-14(23-2)12(17)9(15)11(20)10(16)13(14)18/h3-6,19H,1-2H3. The van der Waals surface area contributed by atoms with Crippen LogP contribution in [0.4, 0.5) is 0 Å². The molecule has 1 aliphatic carbocycles.